The number of aromatic hydroxyl groups is 2. The van der Waals surface area contributed by atoms with E-state index in [0.29, 0.717) is 0 Å². The molecule has 0 spiro atoms. The number of benzene rings is 1. The number of rotatable bonds is 1. The third kappa shape index (κ3) is 4.50. The van der Waals surface area contributed by atoms with Crippen molar-refractivity contribution in [2.45, 2.75) is 4.90 Å². The van der Waals surface area contributed by atoms with Crippen molar-refractivity contribution in [3.05, 3.63) is 18.2 Å². The molecule has 3 N–H and O–H groups in total. The maximum atomic E-state index is 10.5. The van der Waals surface area contributed by atoms with Crippen LogP contribution < -0.4 is 0 Å². The van der Waals surface area contributed by atoms with Crippen LogP contribution in [0.1, 0.15) is 0 Å². The number of phenolic OH excluding ortho intramolecular Hbond substituents is 2. The van der Waals surface area contributed by atoms with Gasteiger partial charge in [-0.1, -0.05) is 0 Å². The molecule has 0 radical (unpaired) electrons. The Morgan fingerprint density at radius 3 is 1.86 bits per heavy atom. The van der Waals surface area contributed by atoms with Crippen LogP contribution in [-0.2, 0) is 10.1 Å². The van der Waals surface area contributed by atoms with Gasteiger partial charge in [0.2, 0.25) is 0 Å². The summed E-state index contributed by atoms with van der Waals surface area (Å²) in [5.74, 6) is -1.03. The summed E-state index contributed by atoms with van der Waals surface area (Å²) in [5, 5.41) is 17.6. The number of hydrogen-bond acceptors (Lipinski definition) is 4. The fourth-order valence-corrected chi connectivity index (χ4v) is 1.16. The van der Waals surface area contributed by atoms with Crippen LogP contribution in [0, 0.1) is 0 Å². The molecule has 0 aromatic heterocycles. The fraction of sp³-hybridized carbons (Fsp3) is 0. The van der Waals surface area contributed by atoms with E-state index in [4.69, 9.17) is 14.8 Å². The summed E-state index contributed by atoms with van der Waals surface area (Å²) in [6, 6.07) is 2.70. The molecule has 8 heteroatoms. The Balaban J connectivity index is 0. The van der Waals surface area contributed by atoms with Gasteiger partial charge in [0.1, 0.15) is 0 Å². The van der Waals surface area contributed by atoms with Crippen molar-refractivity contribution in [1.29, 1.82) is 0 Å². The second-order valence-corrected chi connectivity index (χ2v) is 3.55. The van der Waals surface area contributed by atoms with Gasteiger partial charge in [-0.05, 0) is 12.1 Å². The Hall–Kier alpha value is 0.730. The van der Waals surface area contributed by atoms with Gasteiger partial charge >= 0.3 is 59.1 Å². The second kappa shape index (κ2) is 6.34. The first-order chi connectivity index (χ1) is 5.41. The topological polar surface area (TPSA) is 94.8 Å². The average Bonchev–Trinajstić information content (AvgIpc) is 1.92. The summed E-state index contributed by atoms with van der Waals surface area (Å²) in [6.07, 6.45) is 0. The molecule has 0 aliphatic heterocycles. The normalized spacial score (nSPS) is 9.79. The molecule has 0 saturated heterocycles. The zero-order chi connectivity index (χ0) is 9.35. The van der Waals surface area contributed by atoms with Crippen LogP contribution in [-0.4, -0.2) is 82.3 Å². The van der Waals surface area contributed by atoms with E-state index in [2.05, 4.69) is 0 Å². The van der Waals surface area contributed by atoms with Crippen molar-refractivity contribution in [3.63, 3.8) is 0 Å². The molecule has 0 aliphatic rings. The molecular formula is C6H8Na2O5S. The molecule has 70 valence electrons. The Bertz CT molecular complexity index is 403. The van der Waals surface area contributed by atoms with E-state index in [1.54, 1.807) is 0 Å². The molecule has 0 atom stereocenters. The van der Waals surface area contributed by atoms with Gasteiger partial charge in [0.25, 0.3) is 10.1 Å². The summed E-state index contributed by atoms with van der Waals surface area (Å²) in [5.41, 5.74) is 0. The van der Waals surface area contributed by atoms with E-state index >= 15 is 0 Å². The van der Waals surface area contributed by atoms with Crippen molar-refractivity contribution >= 4 is 69.2 Å². The second-order valence-electron chi connectivity index (χ2n) is 2.13. The number of phenols is 2. The zero-order valence-electron chi connectivity index (χ0n) is 5.80. The molecular weight excluding hydrogens is 230 g/mol. The molecule has 0 saturated carbocycles. The van der Waals surface area contributed by atoms with Crippen molar-refractivity contribution < 1.29 is 23.2 Å². The molecule has 0 amide bonds. The SMILES string of the molecule is O=S(=O)(O)c1ccc(O)c(O)c1.[NaH].[NaH]. The first-order valence-corrected chi connectivity index (χ1v) is 4.35. The minimum atomic E-state index is -4.31. The van der Waals surface area contributed by atoms with Crippen LogP contribution in [0.25, 0.3) is 0 Å². The van der Waals surface area contributed by atoms with Crippen molar-refractivity contribution in [3.8, 4) is 11.5 Å². The standard InChI is InChI=1S/C6H6O5S.2Na.2H/c7-5-2-1-4(3-6(5)8)12(9,10)11;;;;/h1-3,7-8H,(H,9,10,11);;;;. The Morgan fingerprint density at radius 1 is 1.00 bits per heavy atom. The van der Waals surface area contributed by atoms with Gasteiger partial charge in [-0.3, -0.25) is 4.55 Å². The number of hydrogen-bond donors (Lipinski definition) is 3. The molecule has 1 aromatic carbocycles. The first-order valence-electron chi connectivity index (χ1n) is 2.91. The summed E-state index contributed by atoms with van der Waals surface area (Å²) in [4.78, 5) is -0.460. The monoisotopic (exact) mass is 238 g/mol. The predicted octanol–water partition coefficient (Wildman–Crippen LogP) is -0.953. The van der Waals surface area contributed by atoms with E-state index in [-0.39, 0.29) is 59.1 Å². The van der Waals surface area contributed by atoms with Crippen LogP contribution in [0.3, 0.4) is 0 Å². The van der Waals surface area contributed by atoms with Gasteiger partial charge in [-0.2, -0.15) is 8.42 Å². The summed E-state index contributed by atoms with van der Waals surface area (Å²) < 4.78 is 29.4. The molecule has 0 bridgehead atoms. The van der Waals surface area contributed by atoms with Gasteiger partial charge in [0.15, 0.2) is 11.5 Å². The summed E-state index contributed by atoms with van der Waals surface area (Å²) in [7, 11) is -4.31. The molecule has 5 nitrogen and oxygen atoms in total. The van der Waals surface area contributed by atoms with Crippen LogP contribution in [0.2, 0.25) is 0 Å². The molecule has 0 heterocycles. The quantitative estimate of drug-likeness (QED) is 0.333. The van der Waals surface area contributed by atoms with E-state index in [1.165, 1.54) is 0 Å². The Kier molecular flexibility index (Phi) is 7.76. The third-order valence-electron chi connectivity index (χ3n) is 1.24. The van der Waals surface area contributed by atoms with Crippen LogP contribution >= 0.6 is 0 Å². The summed E-state index contributed by atoms with van der Waals surface area (Å²) in [6.45, 7) is 0. The van der Waals surface area contributed by atoms with Gasteiger partial charge in [0, 0.05) is 6.07 Å². The fourth-order valence-electron chi connectivity index (χ4n) is 0.664. The van der Waals surface area contributed by atoms with E-state index in [9.17, 15) is 8.42 Å². The third-order valence-corrected chi connectivity index (χ3v) is 2.09. The van der Waals surface area contributed by atoms with Crippen LogP contribution in [0.5, 0.6) is 11.5 Å². The van der Waals surface area contributed by atoms with Gasteiger partial charge in [-0.25, -0.2) is 0 Å². The van der Waals surface area contributed by atoms with Crippen LogP contribution in [0.4, 0.5) is 0 Å². The maximum absolute atomic E-state index is 10.5. The zero-order valence-corrected chi connectivity index (χ0v) is 6.61. The Labute approximate surface area is 125 Å². The molecule has 1 rings (SSSR count). The van der Waals surface area contributed by atoms with Crippen LogP contribution in [0.15, 0.2) is 23.1 Å². The molecule has 0 unspecified atom stereocenters. The van der Waals surface area contributed by atoms with Crippen molar-refractivity contribution in [2.24, 2.45) is 0 Å². The van der Waals surface area contributed by atoms with E-state index < -0.39 is 26.5 Å². The van der Waals surface area contributed by atoms with E-state index in [1.807, 2.05) is 0 Å². The van der Waals surface area contributed by atoms with Gasteiger partial charge in [0.05, 0.1) is 4.90 Å². The van der Waals surface area contributed by atoms with Gasteiger partial charge < -0.3 is 10.2 Å². The van der Waals surface area contributed by atoms with E-state index in [0.717, 1.165) is 18.2 Å². The Morgan fingerprint density at radius 2 is 1.50 bits per heavy atom. The average molecular weight is 238 g/mol. The molecule has 1 aromatic rings. The summed E-state index contributed by atoms with van der Waals surface area (Å²) >= 11 is 0. The molecule has 0 aliphatic carbocycles. The van der Waals surface area contributed by atoms with Crippen molar-refractivity contribution in [1.82, 2.24) is 0 Å². The molecule has 14 heavy (non-hydrogen) atoms. The minimum absolute atomic E-state index is 0. The van der Waals surface area contributed by atoms with Crippen molar-refractivity contribution in [2.75, 3.05) is 0 Å². The van der Waals surface area contributed by atoms with Gasteiger partial charge in [-0.15, -0.1) is 0 Å². The predicted molar refractivity (Wildman–Crippen MR) is 53.9 cm³/mol. The molecule has 0 fully saturated rings. The first kappa shape index (κ1) is 17.1.